The first kappa shape index (κ1) is 24.0. The van der Waals surface area contributed by atoms with Gasteiger partial charge in [0, 0.05) is 31.0 Å². The Hall–Kier alpha value is -2.40. The quantitative estimate of drug-likeness (QED) is 0.400. The van der Waals surface area contributed by atoms with Crippen molar-refractivity contribution < 1.29 is 4.74 Å². The number of rotatable bonds is 4. The van der Waals surface area contributed by atoms with Crippen molar-refractivity contribution >= 4 is 40.2 Å². The molecule has 1 saturated heterocycles. The van der Waals surface area contributed by atoms with Gasteiger partial charge in [0.15, 0.2) is 5.69 Å². The number of aromatic nitrogens is 4. The number of nitriles is 1. The topological polar surface area (TPSA) is 79.9 Å². The Morgan fingerprint density at radius 2 is 1.94 bits per heavy atom. The number of imidazole rings is 1. The number of hydrogen-bond donors (Lipinski definition) is 0. The van der Waals surface area contributed by atoms with Crippen LogP contribution in [0.15, 0.2) is 18.5 Å². The molecule has 2 saturated carbocycles. The Bertz CT molecular complexity index is 1330. The highest BCUT2D eigenvalue weighted by molar-refractivity contribution is 6.36. The smallest absolute Gasteiger partial charge is 0.207 e. The monoisotopic (exact) mass is 524 g/mol. The molecule has 3 fully saturated rings. The lowest BCUT2D eigenvalue weighted by Crippen LogP contribution is -2.49. The van der Waals surface area contributed by atoms with Gasteiger partial charge in [0.25, 0.3) is 0 Å². The lowest BCUT2D eigenvalue weighted by Gasteiger charge is -2.39. The molecule has 0 N–H and O–H groups in total. The van der Waals surface area contributed by atoms with E-state index in [0.29, 0.717) is 39.8 Å². The molecule has 3 aromatic heterocycles. The van der Waals surface area contributed by atoms with Crippen molar-refractivity contribution in [2.45, 2.75) is 70.6 Å². The van der Waals surface area contributed by atoms with Crippen molar-refractivity contribution in [2.24, 2.45) is 11.8 Å². The van der Waals surface area contributed by atoms with Crippen LogP contribution in [0.5, 0.6) is 0 Å². The van der Waals surface area contributed by atoms with Gasteiger partial charge in [0.2, 0.25) is 5.95 Å². The van der Waals surface area contributed by atoms with Crippen LogP contribution in [-0.2, 0) is 11.3 Å². The SMILES string of the molecule is CC1CCC(Cn2c(N3CCO[C@@H]4CCC[C@H]43)nc3c(Cl)c(C#N)nc(-c4cncc(Cl)c4)c32)CC1. The fourth-order valence-corrected chi connectivity index (χ4v) is 6.70. The van der Waals surface area contributed by atoms with Gasteiger partial charge < -0.3 is 14.2 Å². The average molecular weight is 525 g/mol. The molecule has 36 heavy (non-hydrogen) atoms. The van der Waals surface area contributed by atoms with Crippen LogP contribution in [0.1, 0.15) is 57.6 Å². The van der Waals surface area contributed by atoms with Crippen LogP contribution in [-0.4, -0.2) is 44.8 Å². The van der Waals surface area contributed by atoms with Gasteiger partial charge in [0.05, 0.1) is 35.0 Å². The second-order valence-electron chi connectivity index (χ2n) is 10.6. The third kappa shape index (κ3) is 4.23. The van der Waals surface area contributed by atoms with Crippen LogP contribution in [0.25, 0.3) is 22.3 Å². The van der Waals surface area contributed by atoms with Crippen LogP contribution in [0, 0.1) is 23.2 Å². The van der Waals surface area contributed by atoms with Crippen LogP contribution in [0.2, 0.25) is 10.0 Å². The molecule has 7 nitrogen and oxygen atoms in total. The molecule has 0 amide bonds. The zero-order chi connectivity index (χ0) is 24.8. The molecular weight excluding hydrogens is 495 g/mol. The first-order valence-electron chi connectivity index (χ1n) is 13.0. The minimum Gasteiger partial charge on any atom is -0.374 e. The van der Waals surface area contributed by atoms with Crippen LogP contribution in [0.4, 0.5) is 5.95 Å². The number of hydrogen-bond acceptors (Lipinski definition) is 6. The molecule has 0 radical (unpaired) electrons. The Kier molecular flexibility index (Phi) is 6.53. The molecule has 0 aromatic carbocycles. The standard InChI is InChI=1S/C27H30Cl2N6O/c1-16-5-7-17(8-6-16)15-35-26-24(18-11-19(28)14-31-13-18)32-20(12-30)23(29)25(26)33-27(35)34-9-10-36-22-4-2-3-21(22)34/h11,13-14,16-17,21-22H,2-10,15H2,1H3/t16?,17?,21-,22-/m1/s1. The summed E-state index contributed by atoms with van der Waals surface area (Å²) in [4.78, 5) is 16.6. The predicted molar refractivity (Wildman–Crippen MR) is 141 cm³/mol. The highest BCUT2D eigenvalue weighted by atomic mass is 35.5. The largest absolute Gasteiger partial charge is 0.374 e. The van der Waals surface area contributed by atoms with Gasteiger partial charge in [0.1, 0.15) is 16.6 Å². The van der Waals surface area contributed by atoms with E-state index in [1.807, 2.05) is 6.07 Å². The van der Waals surface area contributed by atoms with E-state index in [1.54, 1.807) is 12.4 Å². The van der Waals surface area contributed by atoms with Crippen LogP contribution in [0.3, 0.4) is 0 Å². The van der Waals surface area contributed by atoms with E-state index < -0.39 is 0 Å². The zero-order valence-electron chi connectivity index (χ0n) is 20.5. The number of ether oxygens (including phenoxy) is 1. The number of pyridine rings is 2. The van der Waals surface area contributed by atoms with E-state index in [1.165, 1.54) is 25.7 Å². The predicted octanol–water partition coefficient (Wildman–Crippen LogP) is 6.26. The Morgan fingerprint density at radius 3 is 2.72 bits per heavy atom. The molecule has 3 aliphatic rings. The van der Waals surface area contributed by atoms with Crippen molar-refractivity contribution in [3.63, 3.8) is 0 Å². The number of morpholine rings is 1. The van der Waals surface area contributed by atoms with Gasteiger partial charge in [-0.15, -0.1) is 0 Å². The van der Waals surface area contributed by atoms with Crippen molar-refractivity contribution in [1.82, 2.24) is 19.5 Å². The highest BCUT2D eigenvalue weighted by Crippen LogP contribution is 2.41. The normalized spacial score (nSPS) is 26.2. The summed E-state index contributed by atoms with van der Waals surface area (Å²) >= 11 is 13.1. The van der Waals surface area contributed by atoms with Crippen molar-refractivity contribution in [2.75, 3.05) is 18.1 Å². The van der Waals surface area contributed by atoms with Gasteiger partial charge in [-0.3, -0.25) is 4.98 Å². The second-order valence-corrected chi connectivity index (χ2v) is 11.4. The molecule has 6 rings (SSSR count). The first-order chi connectivity index (χ1) is 17.5. The van der Waals surface area contributed by atoms with E-state index in [9.17, 15) is 5.26 Å². The van der Waals surface area contributed by atoms with Crippen LogP contribution >= 0.6 is 23.2 Å². The van der Waals surface area contributed by atoms with E-state index in [-0.39, 0.29) is 11.8 Å². The van der Waals surface area contributed by atoms with Gasteiger partial charge in [-0.05, 0) is 50.0 Å². The molecular formula is C27H30Cl2N6O. The summed E-state index contributed by atoms with van der Waals surface area (Å²) in [5, 5.41) is 10.7. The summed E-state index contributed by atoms with van der Waals surface area (Å²) in [7, 11) is 0. The number of fused-ring (bicyclic) bond motifs is 2. The Morgan fingerprint density at radius 1 is 1.11 bits per heavy atom. The summed E-state index contributed by atoms with van der Waals surface area (Å²) in [5.74, 6) is 2.25. The minimum atomic E-state index is 0.169. The Labute approximate surface area is 221 Å². The Balaban J connectivity index is 1.57. The third-order valence-electron chi connectivity index (χ3n) is 8.21. The van der Waals surface area contributed by atoms with E-state index >= 15 is 0 Å². The van der Waals surface area contributed by atoms with Crippen LogP contribution < -0.4 is 4.90 Å². The minimum absolute atomic E-state index is 0.169. The van der Waals surface area contributed by atoms with Crippen molar-refractivity contribution in [3.05, 3.63) is 34.2 Å². The van der Waals surface area contributed by atoms with E-state index in [0.717, 1.165) is 55.3 Å². The maximum atomic E-state index is 9.84. The number of nitrogens with zero attached hydrogens (tertiary/aromatic N) is 6. The molecule has 2 atom stereocenters. The molecule has 0 bridgehead atoms. The van der Waals surface area contributed by atoms with Crippen molar-refractivity contribution in [1.29, 1.82) is 5.26 Å². The lowest BCUT2D eigenvalue weighted by atomic mass is 9.83. The summed E-state index contributed by atoms with van der Waals surface area (Å²) in [6.45, 7) is 4.67. The molecule has 2 aliphatic carbocycles. The second kappa shape index (κ2) is 9.81. The van der Waals surface area contributed by atoms with E-state index in [4.69, 9.17) is 37.9 Å². The zero-order valence-corrected chi connectivity index (χ0v) is 22.0. The van der Waals surface area contributed by atoms with Gasteiger partial charge in [-0.1, -0.05) is 43.0 Å². The maximum Gasteiger partial charge on any atom is 0.207 e. The van der Waals surface area contributed by atoms with Crippen molar-refractivity contribution in [3.8, 4) is 17.3 Å². The summed E-state index contributed by atoms with van der Waals surface area (Å²) < 4.78 is 8.44. The molecule has 9 heteroatoms. The first-order valence-corrected chi connectivity index (χ1v) is 13.8. The van der Waals surface area contributed by atoms with Gasteiger partial charge in [-0.25, -0.2) is 9.97 Å². The molecule has 0 unspecified atom stereocenters. The average Bonchev–Trinajstić information content (AvgIpc) is 3.51. The molecule has 0 spiro atoms. The highest BCUT2D eigenvalue weighted by Gasteiger charge is 2.39. The van der Waals surface area contributed by atoms with Gasteiger partial charge >= 0.3 is 0 Å². The lowest BCUT2D eigenvalue weighted by molar-refractivity contribution is 0.0247. The van der Waals surface area contributed by atoms with Gasteiger partial charge in [-0.2, -0.15) is 5.26 Å². The molecule has 1 aliphatic heterocycles. The number of halogens is 2. The maximum absolute atomic E-state index is 9.84. The molecule has 3 aromatic rings. The van der Waals surface area contributed by atoms with E-state index in [2.05, 4.69) is 27.4 Å². The summed E-state index contributed by atoms with van der Waals surface area (Å²) in [6, 6.07) is 4.31. The fourth-order valence-electron chi connectivity index (χ4n) is 6.31. The third-order valence-corrected chi connectivity index (χ3v) is 8.78. The number of anilines is 1. The molecule has 188 valence electrons. The fraction of sp³-hybridized carbons (Fsp3) is 0.556. The molecule has 4 heterocycles. The summed E-state index contributed by atoms with van der Waals surface area (Å²) in [6.07, 6.45) is 11.8. The summed E-state index contributed by atoms with van der Waals surface area (Å²) in [5.41, 5.74) is 3.06.